The van der Waals surface area contributed by atoms with Crippen molar-refractivity contribution < 1.29 is 4.42 Å². The first-order valence-corrected chi connectivity index (χ1v) is 7.11. The highest BCUT2D eigenvalue weighted by Crippen LogP contribution is 2.27. The molecular formula is C14H18BrNO. The number of benzene rings is 1. The van der Waals surface area contributed by atoms with Gasteiger partial charge in [0.05, 0.1) is 4.47 Å². The van der Waals surface area contributed by atoms with Gasteiger partial charge in [0.25, 0.3) is 0 Å². The van der Waals surface area contributed by atoms with Crippen molar-refractivity contribution in [2.75, 3.05) is 0 Å². The number of hydrogen-bond acceptors (Lipinski definition) is 2. The van der Waals surface area contributed by atoms with Gasteiger partial charge in [-0.1, -0.05) is 20.3 Å². The number of aryl methyl sites for hydroxylation is 2. The number of aromatic nitrogens is 1. The van der Waals surface area contributed by atoms with E-state index < -0.39 is 0 Å². The van der Waals surface area contributed by atoms with Gasteiger partial charge in [-0.05, 0) is 52.9 Å². The number of rotatable bonds is 5. The Morgan fingerprint density at radius 1 is 1.18 bits per heavy atom. The lowest BCUT2D eigenvalue weighted by molar-refractivity contribution is 0.524. The molecule has 1 aromatic heterocycles. The Labute approximate surface area is 111 Å². The third-order valence-electron chi connectivity index (χ3n) is 2.83. The van der Waals surface area contributed by atoms with Crippen molar-refractivity contribution in [3.05, 3.63) is 28.1 Å². The van der Waals surface area contributed by atoms with Crippen LogP contribution >= 0.6 is 15.9 Å². The van der Waals surface area contributed by atoms with Crippen LogP contribution in [0.15, 0.2) is 21.0 Å². The Morgan fingerprint density at radius 2 is 2.00 bits per heavy atom. The minimum Gasteiger partial charge on any atom is -0.440 e. The average molecular weight is 296 g/mol. The minimum atomic E-state index is 0.843. The molecule has 17 heavy (non-hydrogen) atoms. The second-order valence-electron chi connectivity index (χ2n) is 4.39. The van der Waals surface area contributed by atoms with Gasteiger partial charge in [-0.3, -0.25) is 0 Å². The van der Waals surface area contributed by atoms with Gasteiger partial charge < -0.3 is 4.42 Å². The molecule has 0 aliphatic carbocycles. The predicted molar refractivity (Wildman–Crippen MR) is 74.3 cm³/mol. The molecule has 0 fully saturated rings. The zero-order valence-corrected chi connectivity index (χ0v) is 12.0. The van der Waals surface area contributed by atoms with Gasteiger partial charge in [-0.2, -0.15) is 0 Å². The Morgan fingerprint density at radius 3 is 2.71 bits per heavy atom. The van der Waals surface area contributed by atoms with E-state index in [2.05, 4.69) is 46.9 Å². The van der Waals surface area contributed by atoms with Gasteiger partial charge in [0.15, 0.2) is 11.5 Å². The fourth-order valence-electron chi connectivity index (χ4n) is 1.94. The molecule has 2 rings (SSSR count). The molecule has 2 nitrogen and oxygen atoms in total. The number of oxazole rings is 1. The van der Waals surface area contributed by atoms with Crippen LogP contribution < -0.4 is 0 Å². The van der Waals surface area contributed by atoms with Crippen LogP contribution in [-0.2, 0) is 12.8 Å². The van der Waals surface area contributed by atoms with E-state index in [4.69, 9.17) is 4.42 Å². The fourth-order valence-corrected chi connectivity index (χ4v) is 2.52. The van der Waals surface area contributed by atoms with Crippen LogP contribution in [0.5, 0.6) is 0 Å². The summed E-state index contributed by atoms with van der Waals surface area (Å²) in [5.41, 5.74) is 3.20. The number of hydrogen-bond donors (Lipinski definition) is 0. The van der Waals surface area contributed by atoms with Gasteiger partial charge in [0, 0.05) is 6.42 Å². The van der Waals surface area contributed by atoms with Crippen LogP contribution in [-0.4, -0.2) is 4.98 Å². The van der Waals surface area contributed by atoms with Gasteiger partial charge in [0.2, 0.25) is 0 Å². The fraction of sp³-hybridized carbons (Fsp3) is 0.500. The van der Waals surface area contributed by atoms with E-state index >= 15 is 0 Å². The SMILES string of the molecule is CCCCc1cc(Br)c2oc(CCC)nc2c1. The van der Waals surface area contributed by atoms with Gasteiger partial charge >= 0.3 is 0 Å². The van der Waals surface area contributed by atoms with Crippen molar-refractivity contribution in [2.45, 2.75) is 46.0 Å². The zero-order chi connectivity index (χ0) is 12.3. The van der Waals surface area contributed by atoms with Gasteiger partial charge in [-0.15, -0.1) is 0 Å². The molecule has 0 unspecified atom stereocenters. The van der Waals surface area contributed by atoms with E-state index in [1.807, 2.05) is 0 Å². The van der Waals surface area contributed by atoms with Gasteiger partial charge in [-0.25, -0.2) is 4.98 Å². The second-order valence-corrected chi connectivity index (χ2v) is 5.24. The molecule has 3 heteroatoms. The molecule has 0 atom stereocenters. The summed E-state index contributed by atoms with van der Waals surface area (Å²) in [6.07, 6.45) is 5.52. The smallest absolute Gasteiger partial charge is 0.195 e. The summed E-state index contributed by atoms with van der Waals surface area (Å²) in [6, 6.07) is 4.30. The Hall–Kier alpha value is -0.830. The van der Waals surface area contributed by atoms with E-state index in [1.54, 1.807) is 0 Å². The molecule has 1 heterocycles. The summed E-state index contributed by atoms with van der Waals surface area (Å²) in [7, 11) is 0. The van der Waals surface area contributed by atoms with Crippen LogP contribution in [0.4, 0.5) is 0 Å². The van der Waals surface area contributed by atoms with Crippen molar-refractivity contribution >= 4 is 27.0 Å². The molecule has 0 amide bonds. The van der Waals surface area contributed by atoms with Crippen molar-refractivity contribution in [1.29, 1.82) is 0 Å². The molecular weight excluding hydrogens is 278 g/mol. The lowest BCUT2D eigenvalue weighted by Gasteiger charge is -2.00. The third-order valence-corrected chi connectivity index (χ3v) is 3.42. The molecule has 1 aromatic carbocycles. The van der Waals surface area contributed by atoms with Crippen LogP contribution in [0.1, 0.15) is 44.6 Å². The molecule has 0 N–H and O–H groups in total. The number of fused-ring (bicyclic) bond motifs is 1. The lowest BCUT2D eigenvalue weighted by Crippen LogP contribution is -1.85. The molecule has 2 aromatic rings. The lowest BCUT2D eigenvalue weighted by atomic mass is 10.1. The van der Waals surface area contributed by atoms with E-state index in [1.165, 1.54) is 18.4 Å². The molecule has 0 saturated heterocycles. The maximum absolute atomic E-state index is 5.74. The zero-order valence-electron chi connectivity index (χ0n) is 10.4. The van der Waals surface area contributed by atoms with E-state index in [0.717, 1.165) is 40.7 Å². The minimum absolute atomic E-state index is 0.843. The van der Waals surface area contributed by atoms with Crippen molar-refractivity contribution in [1.82, 2.24) is 4.98 Å². The van der Waals surface area contributed by atoms with E-state index in [0.29, 0.717) is 0 Å². The first-order valence-electron chi connectivity index (χ1n) is 6.32. The Bertz CT molecular complexity index is 504. The molecule has 0 spiro atoms. The van der Waals surface area contributed by atoms with Crippen molar-refractivity contribution in [3.8, 4) is 0 Å². The topological polar surface area (TPSA) is 26.0 Å². The van der Waals surface area contributed by atoms with Crippen molar-refractivity contribution in [3.63, 3.8) is 0 Å². The molecule has 0 aliphatic heterocycles. The summed E-state index contributed by atoms with van der Waals surface area (Å²) >= 11 is 3.57. The standard InChI is InChI=1S/C14H18BrNO/c1-3-5-7-10-8-11(15)14-12(9-10)16-13(17-14)6-4-2/h8-9H,3-7H2,1-2H3. The molecule has 0 saturated carbocycles. The summed E-state index contributed by atoms with van der Waals surface area (Å²) in [6.45, 7) is 4.35. The summed E-state index contributed by atoms with van der Waals surface area (Å²) in [5.74, 6) is 0.843. The number of nitrogens with zero attached hydrogens (tertiary/aromatic N) is 1. The highest BCUT2D eigenvalue weighted by Gasteiger charge is 2.09. The largest absolute Gasteiger partial charge is 0.440 e. The number of unbranched alkanes of at least 4 members (excludes halogenated alkanes) is 1. The summed E-state index contributed by atoms with van der Waals surface area (Å²) in [4.78, 5) is 4.54. The maximum Gasteiger partial charge on any atom is 0.195 e. The molecule has 92 valence electrons. The van der Waals surface area contributed by atoms with Crippen LogP contribution in [0.2, 0.25) is 0 Å². The Balaban J connectivity index is 2.35. The molecule has 0 bridgehead atoms. The van der Waals surface area contributed by atoms with E-state index in [9.17, 15) is 0 Å². The molecule has 0 radical (unpaired) electrons. The van der Waals surface area contributed by atoms with Crippen LogP contribution in [0.3, 0.4) is 0 Å². The monoisotopic (exact) mass is 295 g/mol. The number of halogens is 1. The molecule has 0 aliphatic rings. The summed E-state index contributed by atoms with van der Waals surface area (Å²) in [5, 5.41) is 0. The maximum atomic E-state index is 5.74. The normalized spacial score (nSPS) is 11.2. The average Bonchev–Trinajstić information content (AvgIpc) is 2.70. The third kappa shape index (κ3) is 2.89. The van der Waals surface area contributed by atoms with Gasteiger partial charge in [0.1, 0.15) is 5.52 Å². The Kier molecular flexibility index (Phi) is 4.21. The first-order chi connectivity index (χ1) is 8.24. The highest BCUT2D eigenvalue weighted by molar-refractivity contribution is 9.10. The van der Waals surface area contributed by atoms with E-state index in [-0.39, 0.29) is 0 Å². The quantitative estimate of drug-likeness (QED) is 0.785. The summed E-state index contributed by atoms with van der Waals surface area (Å²) < 4.78 is 6.76. The van der Waals surface area contributed by atoms with Crippen LogP contribution in [0, 0.1) is 0 Å². The highest BCUT2D eigenvalue weighted by atomic mass is 79.9. The van der Waals surface area contributed by atoms with Crippen LogP contribution in [0.25, 0.3) is 11.1 Å². The van der Waals surface area contributed by atoms with Crippen molar-refractivity contribution in [2.24, 2.45) is 0 Å². The predicted octanol–water partition coefficient (Wildman–Crippen LogP) is 4.89. The first kappa shape index (κ1) is 12.6. The second kappa shape index (κ2) is 5.67.